The van der Waals surface area contributed by atoms with Crippen molar-refractivity contribution in [3.05, 3.63) is 33.4 Å². The molecule has 1 amide bonds. The third-order valence-electron chi connectivity index (χ3n) is 4.20. The molecule has 1 atom stereocenters. The molecule has 2 N–H and O–H groups in total. The fraction of sp³-hybridized carbons (Fsp3) is 0.500. The number of nitro benzene ring substituents is 1. The van der Waals surface area contributed by atoms with E-state index in [4.69, 9.17) is 9.84 Å². The molecule has 0 saturated heterocycles. The minimum Gasteiger partial charge on any atom is -0.496 e. The van der Waals surface area contributed by atoms with Crippen LogP contribution in [0, 0.1) is 23.0 Å². The van der Waals surface area contributed by atoms with Crippen LogP contribution >= 0.6 is 0 Å². The number of carboxylic acid groups (broad SMARTS) is 1. The van der Waals surface area contributed by atoms with Gasteiger partial charge in [-0.2, -0.15) is 0 Å². The average molecular weight is 338 g/mol. The Bertz CT molecular complexity index is 671. The van der Waals surface area contributed by atoms with Gasteiger partial charge in [0.05, 0.1) is 29.6 Å². The summed E-state index contributed by atoms with van der Waals surface area (Å²) in [4.78, 5) is 34.1. The first-order valence-corrected chi connectivity index (χ1v) is 7.39. The Kier molecular flexibility index (Phi) is 5.89. The molecule has 8 nitrogen and oxygen atoms in total. The number of methoxy groups -OCH3 is 1. The zero-order valence-electron chi connectivity index (χ0n) is 14.4. The quantitative estimate of drug-likeness (QED) is 0.582. The Morgan fingerprint density at radius 2 is 2.00 bits per heavy atom. The molecule has 1 aromatic carbocycles. The molecule has 0 fully saturated rings. The Balaban J connectivity index is 3.25. The number of amides is 1. The molecule has 0 aliphatic rings. The van der Waals surface area contributed by atoms with E-state index in [0.717, 1.165) is 6.07 Å². The third-order valence-corrected chi connectivity index (χ3v) is 4.20. The van der Waals surface area contributed by atoms with Gasteiger partial charge >= 0.3 is 5.97 Å². The van der Waals surface area contributed by atoms with E-state index in [1.54, 1.807) is 20.8 Å². The summed E-state index contributed by atoms with van der Waals surface area (Å²) < 4.78 is 5.09. The number of benzene rings is 1. The molecule has 1 unspecified atom stereocenters. The molecule has 0 aliphatic heterocycles. The number of rotatable bonds is 7. The van der Waals surface area contributed by atoms with Crippen molar-refractivity contribution in [3.63, 3.8) is 0 Å². The highest BCUT2D eigenvalue weighted by Gasteiger charge is 2.33. The lowest BCUT2D eigenvalue weighted by Crippen LogP contribution is -2.51. The molecule has 132 valence electrons. The standard InChI is InChI=1S/C16H22N2O6/c1-9(2)16(4,8-14(19)20)17-15(21)11-6-12(18(22)23)10(3)13(7-11)24-5/h6-7,9H,8H2,1-5H3,(H,17,21)(H,19,20). The van der Waals surface area contributed by atoms with Gasteiger partial charge in [-0.25, -0.2) is 0 Å². The van der Waals surface area contributed by atoms with Crippen molar-refractivity contribution >= 4 is 17.6 Å². The number of ether oxygens (including phenoxy) is 1. The highest BCUT2D eigenvalue weighted by molar-refractivity contribution is 5.96. The van der Waals surface area contributed by atoms with Gasteiger partial charge in [0.2, 0.25) is 0 Å². The van der Waals surface area contributed by atoms with E-state index in [9.17, 15) is 19.7 Å². The molecule has 24 heavy (non-hydrogen) atoms. The number of carbonyl (C=O) groups is 2. The van der Waals surface area contributed by atoms with E-state index in [2.05, 4.69) is 5.32 Å². The van der Waals surface area contributed by atoms with Crippen LogP contribution in [0.1, 0.15) is 43.1 Å². The molecule has 1 rings (SSSR count). The SMILES string of the molecule is COc1cc(C(=O)NC(C)(CC(=O)O)C(C)C)cc([N+](=O)[O-])c1C. The minimum atomic E-state index is -1.04. The number of carbonyl (C=O) groups excluding carboxylic acids is 1. The lowest BCUT2D eigenvalue weighted by molar-refractivity contribution is -0.385. The molecular weight excluding hydrogens is 316 g/mol. The van der Waals surface area contributed by atoms with Gasteiger partial charge < -0.3 is 15.2 Å². The first-order valence-electron chi connectivity index (χ1n) is 7.39. The van der Waals surface area contributed by atoms with Crippen molar-refractivity contribution in [3.8, 4) is 5.75 Å². The zero-order valence-corrected chi connectivity index (χ0v) is 14.4. The fourth-order valence-corrected chi connectivity index (χ4v) is 2.24. The number of nitrogens with zero attached hydrogens (tertiary/aromatic N) is 1. The number of hydrogen-bond donors (Lipinski definition) is 2. The lowest BCUT2D eigenvalue weighted by atomic mass is 9.85. The first-order chi connectivity index (χ1) is 11.0. The smallest absolute Gasteiger partial charge is 0.305 e. The molecule has 8 heteroatoms. The first kappa shape index (κ1) is 19.4. The van der Waals surface area contributed by atoms with Gasteiger partial charge in [0.25, 0.3) is 11.6 Å². The third kappa shape index (κ3) is 4.21. The van der Waals surface area contributed by atoms with Crippen LogP contribution in [0.3, 0.4) is 0 Å². The topological polar surface area (TPSA) is 119 Å². The molecule has 0 aromatic heterocycles. The predicted molar refractivity (Wildman–Crippen MR) is 87.3 cm³/mol. The highest BCUT2D eigenvalue weighted by Crippen LogP contribution is 2.30. The molecule has 0 spiro atoms. The van der Waals surface area contributed by atoms with Crippen molar-refractivity contribution in [2.45, 2.75) is 39.7 Å². The number of carboxylic acids is 1. The summed E-state index contributed by atoms with van der Waals surface area (Å²) in [6.07, 6.45) is -0.262. The number of hydrogen-bond acceptors (Lipinski definition) is 5. The fourth-order valence-electron chi connectivity index (χ4n) is 2.24. The van der Waals surface area contributed by atoms with Crippen molar-refractivity contribution in [1.29, 1.82) is 0 Å². The lowest BCUT2D eigenvalue weighted by Gasteiger charge is -2.33. The molecule has 1 aromatic rings. The van der Waals surface area contributed by atoms with Crippen LogP contribution < -0.4 is 10.1 Å². The zero-order chi connectivity index (χ0) is 18.7. The van der Waals surface area contributed by atoms with Gasteiger partial charge in [0.1, 0.15) is 5.75 Å². The van der Waals surface area contributed by atoms with Crippen LogP contribution in [-0.4, -0.2) is 34.6 Å². The normalized spacial score (nSPS) is 13.2. The Morgan fingerprint density at radius 3 is 2.42 bits per heavy atom. The Labute approximate surface area is 140 Å². The van der Waals surface area contributed by atoms with E-state index in [1.165, 1.54) is 20.1 Å². The van der Waals surface area contributed by atoms with E-state index in [0.29, 0.717) is 5.56 Å². The number of nitrogens with one attached hydrogen (secondary N) is 1. The predicted octanol–water partition coefficient (Wildman–Crippen LogP) is 2.53. The van der Waals surface area contributed by atoms with Gasteiger partial charge in [-0.1, -0.05) is 13.8 Å². The van der Waals surface area contributed by atoms with Crippen molar-refractivity contribution in [2.75, 3.05) is 7.11 Å². The Morgan fingerprint density at radius 1 is 1.42 bits per heavy atom. The van der Waals surface area contributed by atoms with Gasteiger partial charge in [-0.05, 0) is 25.8 Å². The maximum Gasteiger partial charge on any atom is 0.305 e. The van der Waals surface area contributed by atoms with Crippen molar-refractivity contribution < 1.29 is 24.4 Å². The number of nitro groups is 1. The monoisotopic (exact) mass is 338 g/mol. The van der Waals surface area contributed by atoms with Crippen molar-refractivity contribution in [1.82, 2.24) is 5.32 Å². The maximum absolute atomic E-state index is 12.5. The molecule has 0 bridgehead atoms. The summed E-state index contributed by atoms with van der Waals surface area (Å²) in [6.45, 7) is 6.74. The van der Waals surface area contributed by atoms with E-state index in [1.807, 2.05) is 0 Å². The van der Waals surface area contributed by atoms with Gasteiger partial charge in [-0.3, -0.25) is 19.7 Å². The van der Waals surface area contributed by atoms with Crippen LogP contribution in [0.4, 0.5) is 5.69 Å². The van der Waals surface area contributed by atoms with E-state index >= 15 is 0 Å². The average Bonchev–Trinajstić information content (AvgIpc) is 2.45. The molecule has 0 heterocycles. The molecule has 0 aliphatic carbocycles. The second kappa shape index (κ2) is 7.29. The summed E-state index contributed by atoms with van der Waals surface area (Å²) in [7, 11) is 1.36. The summed E-state index contributed by atoms with van der Waals surface area (Å²) in [6, 6.07) is 2.56. The van der Waals surface area contributed by atoms with Gasteiger partial charge in [-0.15, -0.1) is 0 Å². The molecular formula is C16H22N2O6. The van der Waals surface area contributed by atoms with Crippen LogP contribution in [0.2, 0.25) is 0 Å². The largest absolute Gasteiger partial charge is 0.496 e. The highest BCUT2D eigenvalue weighted by atomic mass is 16.6. The molecule has 0 radical (unpaired) electrons. The Hall–Kier alpha value is -2.64. The van der Waals surface area contributed by atoms with Crippen LogP contribution in [0.15, 0.2) is 12.1 Å². The van der Waals surface area contributed by atoms with Crippen LogP contribution in [0.25, 0.3) is 0 Å². The summed E-state index contributed by atoms with van der Waals surface area (Å²) >= 11 is 0. The molecule has 0 saturated carbocycles. The second-order valence-electron chi connectivity index (χ2n) is 6.18. The van der Waals surface area contributed by atoms with Gasteiger partial charge in [0, 0.05) is 11.6 Å². The summed E-state index contributed by atoms with van der Waals surface area (Å²) in [5, 5.41) is 22.9. The van der Waals surface area contributed by atoms with Crippen LogP contribution in [-0.2, 0) is 4.79 Å². The maximum atomic E-state index is 12.5. The minimum absolute atomic E-state index is 0.0430. The van der Waals surface area contributed by atoms with Crippen LogP contribution in [0.5, 0.6) is 5.75 Å². The summed E-state index contributed by atoms with van der Waals surface area (Å²) in [5.41, 5.74) is -0.864. The second-order valence-corrected chi connectivity index (χ2v) is 6.18. The number of aliphatic carboxylic acids is 1. The van der Waals surface area contributed by atoms with Crippen molar-refractivity contribution in [2.24, 2.45) is 5.92 Å². The van der Waals surface area contributed by atoms with E-state index in [-0.39, 0.29) is 29.3 Å². The van der Waals surface area contributed by atoms with E-state index < -0.39 is 22.3 Å². The summed E-state index contributed by atoms with van der Waals surface area (Å²) in [5.74, 6) is -1.56. The van der Waals surface area contributed by atoms with Gasteiger partial charge in [0.15, 0.2) is 0 Å².